The number of nitrogens with zero attached hydrogens (tertiary/aromatic N) is 1. The fraction of sp³-hybridized carbons (Fsp3) is 0.600. The van der Waals surface area contributed by atoms with Crippen molar-refractivity contribution in [3.05, 3.63) is 29.3 Å². The molecule has 1 unspecified atom stereocenters. The molecule has 0 aliphatic carbocycles. The third kappa shape index (κ3) is 3.03. The van der Waals surface area contributed by atoms with E-state index in [1.165, 1.54) is 16.8 Å². The first-order valence-electron chi connectivity index (χ1n) is 6.88. The molecule has 1 saturated heterocycles. The summed E-state index contributed by atoms with van der Waals surface area (Å²) in [7, 11) is 0. The highest BCUT2D eigenvalue weighted by Crippen LogP contribution is 2.25. The summed E-state index contributed by atoms with van der Waals surface area (Å²) in [5, 5.41) is 12.7. The Labute approximate surface area is 110 Å². The third-order valence-corrected chi connectivity index (χ3v) is 3.70. The van der Waals surface area contributed by atoms with Gasteiger partial charge in [0, 0.05) is 31.4 Å². The standard InChI is InChI=1S/C15H24N2O/c1-12-4-5-15(13(2)10-12)17-8-3-7-16-11-14(17)6-9-18/h4-5,10,14,16,18H,3,6-9,11H2,1-2H3. The molecule has 1 heterocycles. The minimum absolute atomic E-state index is 0.258. The van der Waals surface area contributed by atoms with Crippen molar-refractivity contribution in [3.8, 4) is 0 Å². The minimum Gasteiger partial charge on any atom is -0.396 e. The Balaban J connectivity index is 2.25. The predicted molar refractivity (Wildman–Crippen MR) is 76.2 cm³/mol. The van der Waals surface area contributed by atoms with Crippen LogP contribution < -0.4 is 10.2 Å². The van der Waals surface area contributed by atoms with Crippen molar-refractivity contribution in [1.82, 2.24) is 5.32 Å². The Hall–Kier alpha value is -1.06. The van der Waals surface area contributed by atoms with Crippen molar-refractivity contribution in [2.75, 3.05) is 31.1 Å². The molecule has 18 heavy (non-hydrogen) atoms. The number of hydrogen-bond acceptors (Lipinski definition) is 3. The Morgan fingerprint density at radius 2 is 2.22 bits per heavy atom. The summed E-state index contributed by atoms with van der Waals surface area (Å²) < 4.78 is 0. The van der Waals surface area contributed by atoms with Crippen LogP contribution in [0.5, 0.6) is 0 Å². The van der Waals surface area contributed by atoms with Crippen molar-refractivity contribution in [3.63, 3.8) is 0 Å². The number of hydrogen-bond donors (Lipinski definition) is 2. The van der Waals surface area contributed by atoms with E-state index < -0.39 is 0 Å². The van der Waals surface area contributed by atoms with Crippen LogP contribution >= 0.6 is 0 Å². The van der Waals surface area contributed by atoms with Gasteiger partial charge in [-0.05, 0) is 44.9 Å². The normalized spacial score (nSPS) is 20.8. The van der Waals surface area contributed by atoms with Gasteiger partial charge in [0.05, 0.1) is 0 Å². The van der Waals surface area contributed by atoms with Gasteiger partial charge in [-0.25, -0.2) is 0 Å². The summed E-state index contributed by atoms with van der Waals surface area (Å²) in [6.07, 6.45) is 2.00. The van der Waals surface area contributed by atoms with Crippen LogP contribution in [0.1, 0.15) is 24.0 Å². The lowest BCUT2D eigenvalue weighted by Crippen LogP contribution is -2.40. The summed E-state index contributed by atoms with van der Waals surface area (Å²) in [5.74, 6) is 0. The highest BCUT2D eigenvalue weighted by atomic mass is 16.3. The van der Waals surface area contributed by atoms with Gasteiger partial charge in [0.1, 0.15) is 0 Å². The maximum absolute atomic E-state index is 9.23. The van der Waals surface area contributed by atoms with E-state index in [-0.39, 0.29) is 6.61 Å². The van der Waals surface area contributed by atoms with Crippen LogP contribution in [0.4, 0.5) is 5.69 Å². The molecule has 0 spiro atoms. The molecule has 1 fully saturated rings. The van der Waals surface area contributed by atoms with Gasteiger partial charge in [-0.1, -0.05) is 17.7 Å². The minimum atomic E-state index is 0.258. The lowest BCUT2D eigenvalue weighted by Gasteiger charge is -2.33. The zero-order chi connectivity index (χ0) is 13.0. The van der Waals surface area contributed by atoms with Gasteiger partial charge >= 0.3 is 0 Å². The van der Waals surface area contributed by atoms with Crippen molar-refractivity contribution in [2.45, 2.75) is 32.7 Å². The molecule has 2 N–H and O–H groups in total. The number of aliphatic hydroxyl groups excluding tert-OH is 1. The summed E-state index contributed by atoms with van der Waals surface area (Å²) in [5.41, 5.74) is 3.96. The third-order valence-electron chi connectivity index (χ3n) is 3.70. The molecule has 0 bridgehead atoms. The van der Waals surface area contributed by atoms with Crippen molar-refractivity contribution < 1.29 is 5.11 Å². The van der Waals surface area contributed by atoms with Gasteiger partial charge in [-0.3, -0.25) is 0 Å². The Morgan fingerprint density at radius 3 is 2.94 bits per heavy atom. The second kappa shape index (κ2) is 6.21. The molecule has 1 aromatic carbocycles. The quantitative estimate of drug-likeness (QED) is 0.857. The molecule has 0 radical (unpaired) electrons. The second-order valence-electron chi connectivity index (χ2n) is 5.21. The molecule has 0 aromatic heterocycles. The lowest BCUT2D eigenvalue weighted by atomic mass is 10.1. The van der Waals surface area contributed by atoms with Crippen LogP contribution in [0.15, 0.2) is 18.2 Å². The van der Waals surface area contributed by atoms with Crippen LogP contribution in [-0.4, -0.2) is 37.4 Å². The van der Waals surface area contributed by atoms with E-state index in [0.717, 1.165) is 32.5 Å². The Bertz CT molecular complexity index is 392. The van der Waals surface area contributed by atoms with Crippen LogP contribution in [-0.2, 0) is 0 Å². The summed E-state index contributed by atoms with van der Waals surface area (Å²) >= 11 is 0. The number of aryl methyl sites for hydroxylation is 2. The summed E-state index contributed by atoms with van der Waals surface area (Å²) in [4.78, 5) is 2.46. The Kier molecular flexibility index (Phi) is 4.61. The molecule has 3 nitrogen and oxygen atoms in total. The molecule has 1 aliphatic heterocycles. The first kappa shape index (κ1) is 13.4. The van der Waals surface area contributed by atoms with Crippen LogP contribution in [0.3, 0.4) is 0 Å². The maximum atomic E-state index is 9.23. The largest absolute Gasteiger partial charge is 0.396 e. The van der Waals surface area contributed by atoms with E-state index in [0.29, 0.717) is 6.04 Å². The first-order chi connectivity index (χ1) is 8.72. The van der Waals surface area contributed by atoms with E-state index >= 15 is 0 Å². The zero-order valence-electron chi connectivity index (χ0n) is 11.4. The van der Waals surface area contributed by atoms with Crippen LogP contribution in [0.25, 0.3) is 0 Å². The van der Waals surface area contributed by atoms with Crippen molar-refractivity contribution >= 4 is 5.69 Å². The summed E-state index contributed by atoms with van der Waals surface area (Å²) in [6.45, 7) is 7.68. The van der Waals surface area contributed by atoms with E-state index in [1.807, 2.05) is 0 Å². The number of nitrogens with one attached hydrogen (secondary N) is 1. The molecule has 1 atom stereocenters. The smallest absolute Gasteiger partial charge is 0.0451 e. The van der Waals surface area contributed by atoms with Crippen LogP contribution in [0, 0.1) is 13.8 Å². The first-order valence-corrected chi connectivity index (χ1v) is 6.88. The SMILES string of the molecule is Cc1ccc(N2CCCNCC2CCO)c(C)c1. The predicted octanol–water partition coefficient (Wildman–Crippen LogP) is 1.85. The average molecular weight is 248 g/mol. The monoisotopic (exact) mass is 248 g/mol. The van der Waals surface area contributed by atoms with E-state index in [9.17, 15) is 5.11 Å². The fourth-order valence-corrected chi connectivity index (χ4v) is 2.79. The van der Waals surface area contributed by atoms with Gasteiger partial charge < -0.3 is 15.3 Å². The summed E-state index contributed by atoms with van der Waals surface area (Å²) in [6, 6.07) is 7.04. The van der Waals surface area contributed by atoms with E-state index in [2.05, 4.69) is 42.3 Å². The molecule has 1 aromatic rings. The topological polar surface area (TPSA) is 35.5 Å². The van der Waals surface area contributed by atoms with Gasteiger partial charge in [-0.15, -0.1) is 0 Å². The maximum Gasteiger partial charge on any atom is 0.0451 e. The zero-order valence-corrected chi connectivity index (χ0v) is 11.4. The van der Waals surface area contributed by atoms with Gasteiger partial charge in [0.25, 0.3) is 0 Å². The van der Waals surface area contributed by atoms with Gasteiger partial charge in [-0.2, -0.15) is 0 Å². The molecule has 100 valence electrons. The number of aliphatic hydroxyl groups is 1. The van der Waals surface area contributed by atoms with Gasteiger partial charge in [0.15, 0.2) is 0 Å². The molecule has 0 amide bonds. The molecule has 1 aliphatic rings. The number of rotatable bonds is 3. The van der Waals surface area contributed by atoms with E-state index in [4.69, 9.17) is 0 Å². The van der Waals surface area contributed by atoms with Crippen LogP contribution in [0.2, 0.25) is 0 Å². The number of benzene rings is 1. The number of anilines is 1. The van der Waals surface area contributed by atoms with Crippen molar-refractivity contribution in [1.29, 1.82) is 0 Å². The lowest BCUT2D eigenvalue weighted by molar-refractivity contribution is 0.273. The average Bonchev–Trinajstić information content (AvgIpc) is 2.56. The molecular weight excluding hydrogens is 224 g/mol. The van der Waals surface area contributed by atoms with Gasteiger partial charge in [0.2, 0.25) is 0 Å². The van der Waals surface area contributed by atoms with Crippen molar-refractivity contribution in [2.24, 2.45) is 0 Å². The highest BCUT2D eigenvalue weighted by Gasteiger charge is 2.21. The highest BCUT2D eigenvalue weighted by molar-refractivity contribution is 5.55. The molecule has 3 heteroatoms. The van der Waals surface area contributed by atoms with E-state index in [1.54, 1.807) is 0 Å². The fourth-order valence-electron chi connectivity index (χ4n) is 2.79. The second-order valence-corrected chi connectivity index (χ2v) is 5.21. The Morgan fingerprint density at radius 1 is 1.39 bits per heavy atom. The molecular formula is C15H24N2O. The molecule has 0 saturated carbocycles. The molecule has 2 rings (SSSR count).